The molecule has 1 aliphatic rings. The van der Waals surface area contributed by atoms with E-state index in [1.54, 1.807) is 29.1 Å². The van der Waals surface area contributed by atoms with Crippen LogP contribution in [-0.2, 0) is 0 Å². The summed E-state index contributed by atoms with van der Waals surface area (Å²) in [5.74, 6) is -0.586. The van der Waals surface area contributed by atoms with E-state index in [2.05, 4.69) is 27.3 Å². The van der Waals surface area contributed by atoms with Crippen molar-refractivity contribution in [2.75, 3.05) is 43.4 Å². The number of hydrogen-bond acceptors (Lipinski definition) is 4. The average molecular weight is 379 g/mol. The molecule has 144 valence electrons. The fourth-order valence-electron chi connectivity index (χ4n) is 3.27. The van der Waals surface area contributed by atoms with Gasteiger partial charge in [0.2, 0.25) is 0 Å². The number of carbonyl (C=O) groups is 1. The molecule has 1 N–H and O–H groups in total. The van der Waals surface area contributed by atoms with Crippen LogP contribution < -0.4 is 10.2 Å². The van der Waals surface area contributed by atoms with Crippen LogP contribution in [0.4, 0.5) is 15.8 Å². The van der Waals surface area contributed by atoms with Crippen LogP contribution in [0.5, 0.6) is 0 Å². The number of likely N-dealkylation sites (N-methyl/N-ethyl adjacent to an activating group) is 1. The Balaban J connectivity index is 1.51. The molecule has 0 radical (unpaired) electrons. The summed E-state index contributed by atoms with van der Waals surface area (Å²) in [4.78, 5) is 17.3. The number of amides is 1. The lowest BCUT2D eigenvalue weighted by Gasteiger charge is -2.35. The highest BCUT2D eigenvalue weighted by molar-refractivity contribution is 6.04. The highest BCUT2D eigenvalue weighted by atomic mass is 19.1. The Hall–Kier alpha value is -3.19. The van der Waals surface area contributed by atoms with Gasteiger partial charge in [0.05, 0.1) is 17.1 Å². The first-order valence-electron chi connectivity index (χ1n) is 9.25. The van der Waals surface area contributed by atoms with E-state index in [1.807, 2.05) is 24.3 Å². The molecule has 6 nitrogen and oxygen atoms in total. The topological polar surface area (TPSA) is 53.4 Å². The third-order valence-corrected chi connectivity index (χ3v) is 4.91. The molecule has 7 heteroatoms. The fourth-order valence-corrected chi connectivity index (χ4v) is 3.27. The molecule has 3 aromatic rings. The molecule has 2 aromatic carbocycles. The average Bonchev–Trinajstić information content (AvgIpc) is 3.20. The van der Waals surface area contributed by atoms with Crippen molar-refractivity contribution in [3.63, 3.8) is 0 Å². The van der Waals surface area contributed by atoms with Gasteiger partial charge in [0.1, 0.15) is 5.82 Å². The van der Waals surface area contributed by atoms with Crippen molar-refractivity contribution in [3.8, 4) is 5.69 Å². The smallest absolute Gasteiger partial charge is 0.276 e. The minimum absolute atomic E-state index is 0.276. The molecule has 2 heterocycles. The second-order valence-corrected chi connectivity index (χ2v) is 6.88. The van der Waals surface area contributed by atoms with Crippen molar-refractivity contribution >= 4 is 17.3 Å². The predicted octanol–water partition coefficient (Wildman–Crippen LogP) is 3.02. The van der Waals surface area contributed by atoms with Gasteiger partial charge in [-0.15, -0.1) is 0 Å². The van der Waals surface area contributed by atoms with Crippen molar-refractivity contribution in [3.05, 3.63) is 72.3 Å². The first-order chi connectivity index (χ1) is 13.6. The number of halogens is 1. The predicted molar refractivity (Wildman–Crippen MR) is 108 cm³/mol. The van der Waals surface area contributed by atoms with Crippen molar-refractivity contribution in [2.24, 2.45) is 0 Å². The Morgan fingerprint density at radius 3 is 2.46 bits per heavy atom. The Morgan fingerprint density at radius 2 is 1.71 bits per heavy atom. The molecular weight excluding hydrogens is 357 g/mol. The van der Waals surface area contributed by atoms with E-state index in [9.17, 15) is 9.18 Å². The van der Waals surface area contributed by atoms with E-state index in [1.165, 1.54) is 12.1 Å². The van der Waals surface area contributed by atoms with Gasteiger partial charge in [0, 0.05) is 32.4 Å². The van der Waals surface area contributed by atoms with E-state index in [0.29, 0.717) is 11.4 Å². The molecule has 0 atom stereocenters. The molecule has 4 rings (SSSR count). The van der Waals surface area contributed by atoms with Crippen LogP contribution in [-0.4, -0.2) is 53.8 Å². The number of piperazine rings is 1. The third kappa shape index (κ3) is 3.89. The number of benzene rings is 2. The molecular formula is C21H22FN5O. The Kier molecular flexibility index (Phi) is 5.08. The number of nitrogens with zero attached hydrogens (tertiary/aromatic N) is 4. The maximum Gasteiger partial charge on any atom is 0.276 e. The minimum Gasteiger partial charge on any atom is -0.367 e. The summed E-state index contributed by atoms with van der Waals surface area (Å²) in [6.45, 7) is 3.82. The van der Waals surface area contributed by atoms with Crippen molar-refractivity contribution in [1.82, 2.24) is 14.7 Å². The van der Waals surface area contributed by atoms with Crippen LogP contribution in [0.15, 0.2) is 60.8 Å². The number of anilines is 2. The van der Waals surface area contributed by atoms with Crippen molar-refractivity contribution < 1.29 is 9.18 Å². The number of rotatable bonds is 4. The van der Waals surface area contributed by atoms with E-state index >= 15 is 0 Å². The lowest BCUT2D eigenvalue weighted by molar-refractivity contribution is 0.102. The second-order valence-electron chi connectivity index (χ2n) is 6.88. The van der Waals surface area contributed by atoms with E-state index in [0.717, 1.165) is 37.6 Å². The molecule has 0 aliphatic carbocycles. The second kappa shape index (κ2) is 7.82. The van der Waals surface area contributed by atoms with E-state index in [-0.39, 0.29) is 11.7 Å². The number of carbonyl (C=O) groups excluding carboxylic acids is 1. The molecule has 0 saturated carbocycles. The van der Waals surface area contributed by atoms with Crippen LogP contribution in [0.2, 0.25) is 0 Å². The summed E-state index contributed by atoms with van der Waals surface area (Å²) < 4.78 is 14.6. The Morgan fingerprint density at radius 1 is 1.00 bits per heavy atom. The standard InChI is InChI=1S/C21H22FN5O/c1-25-12-14-26(15-13-25)20-5-3-2-4-18(20)23-21(28)19-10-11-27(24-19)17-8-6-16(22)7-9-17/h2-11H,12-15H2,1H3,(H,23,28). The van der Waals surface area contributed by atoms with E-state index < -0.39 is 0 Å². The summed E-state index contributed by atoms with van der Waals surface area (Å²) in [6.07, 6.45) is 1.69. The van der Waals surface area contributed by atoms with Crippen LogP contribution >= 0.6 is 0 Å². The van der Waals surface area contributed by atoms with Gasteiger partial charge in [-0.2, -0.15) is 5.10 Å². The maximum atomic E-state index is 13.1. The molecule has 28 heavy (non-hydrogen) atoms. The minimum atomic E-state index is -0.311. The molecule has 0 unspecified atom stereocenters. The van der Waals surface area contributed by atoms with Gasteiger partial charge in [-0.3, -0.25) is 4.79 Å². The maximum absolute atomic E-state index is 13.1. The molecule has 1 saturated heterocycles. The molecule has 0 bridgehead atoms. The van der Waals surface area contributed by atoms with Crippen LogP contribution in [0, 0.1) is 5.82 Å². The van der Waals surface area contributed by atoms with Gasteiger partial charge >= 0.3 is 0 Å². The number of nitrogens with one attached hydrogen (secondary N) is 1. The zero-order valence-electron chi connectivity index (χ0n) is 15.7. The van der Waals surface area contributed by atoms with Crippen LogP contribution in [0.25, 0.3) is 5.69 Å². The molecule has 1 amide bonds. The molecule has 1 aromatic heterocycles. The monoisotopic (exact) mass is 379 g/mol. The lowest BCUT2D eigenvalue weighted by Crippen LogP contribution is -2.44. The Labute approximate surface area is 163 Å². The lowest BCUT2D eigenvalue weighted by atomic mass is 10.2. The molecule has 1 aliphatic heterocycles. The summed E-state index contributed by atoms with van der Waals surface area (Å²) in [5.41, 5.74) is 2.78. The Bertz CT molecular complexity index is 961. The van der Waals surface area contributed by atoms with E-state index in [4.69, 9.17) is 0 Å². The summed E-state index contributed by atoms with van der Waals surface area (Å²) in [7, 11) is 2.11. The van der Waals surface area contributed by atoms with Crippen molar-refractivity contribution in [1.29, 1.82) is 0 Å². The quantitative estimate of drug-likeness (QED) is 0.757. The van der Waals surface area contributed by atoms with Gasteiger partial charge in [0.15, 0.2) is 5.69 Å². The third-order valence-electron chi connectivity index (χ3n) is 4.91. The van der Waals surface area contributed by atoms with Gasteiger partial charge in [-0.1, -0.05) is 12.1 Å². The zero-order chi connectivity index (χ0) is 19.5. The van der Waals surface area contributed by atoms with Gasteiger partial charge in [0.25, 0.3) is 5.91 Å². The summed E-state index contributed by atoms with van der Waals surface area (Å²) in [5, 5.41) is 7.30. The molecule has 0 spiro atoms. The largest absolute Gasteiger partial charge is 0.367 e. The highest BCUT2D eigenvalue weighted by Crippen LogP contribution is 2.27. The summed E-state index contributed by atoms with van der Waals surface area (Å²) in [6, 6.07) is 15.4. The highest BCUT2D eigenvalue weighted by Gasteiger charge is 2.19. The number of hydrogen-bond donors (Lipinski definition) is 1. The van der Waals surface area contributed by atoms with Gasteiger partial charge in [-0.25, -0.2) is 9.07 Å². The number of aromatic nitrogens is 2. The summed E-state index contributed by atoms with van der Waals surface area (Å²) >= 11 is 0. The van der Waals surface area contributed by atoms with Crippen molar-refractivity contribution in [2.45, 2.75) is 0 Å². The molecule has 1 fully saturated rings. The first kappa shape index (κ1) is 18.2. The van der Waals surface area contributed by atoms with Crippen LogP contribution in [0.3, 0.4) is 0 Å². The van der Waals surface area contributed by atoms with Crippen LogP contribution in [0.1, 0.15) is 10.5 Å². The van der Waals surface area contributed by atoms with Gasteiger partial charge < -0.3 is 15.1 Å². The SMILES string of the molecule is CN1CCN(c2ccccc2NC(=O)c2ccn(-c3ccc(F)cc3)n2)CC1. The number of para-hydroxylation sites is 2. The fraction of sp³-hybridized carbons (Fsp3) is 0.238. The van der Waals surface area contributed by atoms with Gasteiger partial charge in [-0.05, 0) is 49.5 Å². The normalized spacial score (nSPS) is 14.9. The first-order valence-corrected chi connectivity index (χ1v) is 9.25. The zero-order valence-corrected chi connectivity index (χ0v) is 15.7.